The first kappa shape index (κ1) is 25.2. The van der Waals surface area contributed by atoms with Crippen molar-refractivity contribution in [3.05, 3.63) is 118 Å². The molecule has 0 fully saturated rings. The Kier molecular flexibility index (Phi) is 7.98. The van der Waals surface area contributed by atoms with Crippen LogP contribution in [-0.4, -0.2) is 16.9 Å². The van der Waals surface area contributed by atoms with E-state index in [0.717, 1.165) is 5.56 Å². The summed E-state index contributed by atoms with van der Waals surface area (Å²) >= 11 is 6.05. The number of ether oxygens (including phenoxy) is 2. The molecule has 0 saturated heterocycles. The fourth-order valence-corrected chi connectivity index (χ4v) is 3.57. The van der Waals surface area contributed by atoms with E-state index in [-0.39, 0.29) is 28.8 Å². The number of nitrogens with two attached hydrogens (primary N) is 1. The number of halogens is 1. The van der Waals surface area contributed by atoms with Gasteiger partial charge in [-0.2, -0.15) is 5.26 Å². The molecule has 1 heterocycles. The highest BCUT2D eigenvalue weighted by molar-refractivity contribution is 6.30. The summed E-state index contributed by atoms with van der Waals surface area (Å²) in [6.07, 6.45) is 0.0969. The number of nitrogens with one attached hydrogen (secondary N) is 1. The van der Waals surface area contributed by atoms with Crippen LogP contribution < -0.4 is 15.8 Å². The number of hydrogen-bond acceptors (Lipinski definition) is 7. The number of esters is 1. The van der Waals surface area contributed by atoms with Crippen LogP contribution in [0.25, 0.3) is 0 Å². The molecule has 184 valence electrons. The molecule has 37 heavy (non-hydrogen) atoms. The number of amides is 1. The van der Waals surface area contributed by atoms with E-state index in [4.69, 9.17) is 32.1 Å². The Balaban J connectivity index is 1.61. The number of nitrogen functional groups attached to an aromatic ring is 1. The van der Waals surface area contributed by atoms with E-state index in [9.17, 15) is 9.59 Å². The lowest BCUT2D eigenvalue weighted by atomic mass is 10.0. The largest absolute Gasteiger partial charge is 0.470 e. The third kappa shape index (κ3) is 6.63. The normalized spacial score (nSPS) is 11.1. The zero-order chi connectivity index (χ0) is 26.2. The van der Waals surface area contributed by atoms with Crippen molar-refractivity contribution in [3.63, 3.8) is 0 Å². The van der Waals surface area contributed by atoms with E-state index < -0.39 is 18.0 Å². The number of rotatable bonds is 8. The fourth-order valence-electron chi connectivity index (χ4n) is 3.42. The summed E-state index contributed by atoms with van der Waals surface area (Å²) in [5.74, 6) is -0.992. The zero-order valence-electron chi connectivity index (χ0n) is 19.4. The molecular weight excluding hydrogens is 492 g/mol. The molecule has 3 aromatic carbocycles. The average Bonchev–Trinajstić information content (AvgIpc) is 2.93. The molecule has 0 radical (unpaired) electrons. The fraction of sp³-hybridized carbons (Fsp3) is 0.0714. The van der Waals surface area contributed by atoms with E-state index in [1.807, 2.05) is 36.4 Å². The number of aromatic nitrogens is 1. The lowest BCUT2D eigenvalue weighted by molar-refractivity contribution is -0.153. The van der Waals surface area contributed by atoms with Crippen LogP contribution in [0.4, 0.5) is 11.5 Å². The molecule has 0 bridgehead atoms. The summed E-state index contributed by atoms with van der Waals surface area (Å²) < 4.78 is 11.5. The molecule has 3 N–H and O–H groups in total. The number of nitriles is 1. The second-order valence-electron chi connectivity index (χ2n) is 7.90. The van der Waals surface area contributed by atoms with Crippen molar-refractivity contribution in [2.45, 2.75) is 12.7 Å². The second-order valence-corrected chi connectivity index (χ2v) is 8.34. The lowest BCUT2D eigenvalue weighted by Crippen LogP contribution is -2.23. The summed E-state index contributed by atoms with van der Waals surface area (Å²) in [7, 11) is 0. The van der Waals surface area contributed by atoms with Crippen LogP contribution in [0.5, 0.6) is 5.75 Å². The van der Waals surface area contributed by atoms with E-state index in [1.54, 1.807) is 42.5 Å². The van der Waals surface area contributed by atoms with Crippen molar-refractivity contribution in [1.29, 1.82) is 5.26 Å². The van der Waals surface area contributed by atoms with Crippen molar-refractivity contribution < 1.29 is 19.1 Å². The van der Waals surface area contributed by atoms with Gasteiger partial charge in [-0.1, -0.05) is 60.1 Å². The monoisotopic (exact) mass is 512 g/mol. The summed E-state index contributed by atoms with van der Waals surface area (Å²) in [5, 5.41) is 12.1. The molecule has 0 spiro atoms. The third-order valence-electron chi connectivity index (χ3n) is 5.23. The highest BCUT2D eigenvalue weighted by Crippen LogP contribution is 2.30. The van der Waals surface area contributed by atoms with Gasteiger partial charge in [0.05, 0.1) is 16.7 Å². The average molecular weight is 513 g/mol. The molecule has 4 aromatic rings. The Morgan fingerprint density at radius 2 is 1.81 bits per heavy atom. The van der Waals surface area contributed by atoms with Crippen molar-refractivity contribution in [1.82, 2.24) is 4.98 Å². The number of carbonyl (C=O) groups excluding carboxylic acids is 2. The molecule has 8 nitrogen and oxygen atoms in total. The molecule has 9 heteroatoms. The molecule has 1 aromatic heterocycles. The molecule has 1 atom stereocenters. The van der Waals surface area contributed by atoms with E-state index in [2.05, 4.69) is 10.3 Å². The van der Waals surface area contributed by atoms with Crippen LogP contribution >= 0.6 is 11.6 Å². The van der Waals surface area contributed by atoms with Gasteiger partial charge in [0, 0.05) is 29.1 Å². The Bertz CT molecular complexity index is 1470. The Morgan fingerprint density at radius 3 is 2.59 bits per heavy atom. The highest BCUT2D eigenvalue weighted by Gasteiger charge is 2.27. The smallest absolute Gasteiger partial charge is 0.352 e. The molecule has 0 aliphatic heterocycles. The van der Waals surface area contributed by atoms with Crippen LogP contribution in [0.3, 0.4) is 0 Å². The Morgan fingerprint density at radius 1 is 1.03 bits per heavy atom. The van der Waals surface area contributed by atoms with Gasteiger partial charge in [0.25, 0.3) is 5.91 Å². The summed E-state index contributed by atoms with van der Waals surface area (Å²) in [4.78, 5) is 30.1. The van der Waals surface area contributed by atoms with Crippen LogP contribution in [0.15, 0.2) is 91.1 Å². The maximum Gasteiger partial charge on any atom is 0.352 e. The number of benzene rings is 3. The number of hydrogen-bond donors (Lipinski definition) is 2. The van der Waals surface area contributed by atoms with Gasteiger partial charge in [0.1, 0.15) is 6.61 Å². The van der Waals surface area contributed by atoms with Gasteiger partial charge in [-0.05, 0) is 35.9 Å². The molecular formula is C28H21ClN4O4. The van der Waals surface area contributed by atoms with Crippen LogP contribution in [0.1, 0.15) is 33.2 Å². The van der Waals surface area contributed by atoms with E-state index in [0.29, 0.717) is 16.8 Å². The van der Waals surface area contributed by atoms with Gasteiger partial charge < -0.3 is 20.5 Å². The van der Waals surface area contributed by atoms with Crippen molar-refractivity contribution in [2.75, 3.05) is 11.1 Å². The van der Waals surface area contributed by atoms with E-state index >= 15 is 0 Å². The first-order valence-electron chi connectivity index (χ1n) is 11.1. The SMILES string of the molecule is N#Cc1cccc(NC(=O)c2cccc([C@@H](Oc3cc(Cl)cnc3N)C(=O)OCc3ccccc3)c2)c1. The summed E-state index contributed by atoms with van der Waals surface area (Å²) in [5.41, 5.74) is 8.23. The van der Waals surface area contributed by atoms with Gasteiger partial charge >= 0.3 is 5.97 Å². The minimum Gasteiger partial charge on any atom is -0.470 e. The number of carbonyl (C=O) groups is 2. The van der Waals surface area contributed by atoms with Crippen molar-refractivity contribution in [3.8, 4) is 11.8 Å². The predicted octanol–water partition coefficient (Wildman–Crippen LogP) is 5.30. The van der Waals surface area contributed by atoms with E-state index in [1.165, 1.54) is 18.3 Å². The first-order chi connectivity index (χ1) is 17.9. The van der Waals surface area contributed by atoms with Crippen molar-refractivity contribution >= 4 is 35.0 Å². The summed E-state index contributed by atoms with van der Waals surface area (Å²) in [6.45, 7) is 0.0260. The summed E-state index contributed by atoms with van der Waals surface area (Å²) in [6, 6.07) is 25.6. The van der Waals surface area contributed by atoms with Gasteiger partial charge in [-0.3, -0.25) is 4.79 Å². The number of pyridine rings is 1. The van der Waals surface area contributed by atoms with Crippen molar-refractivity contribution in [2.24, 2.45) is 0 Å². The molecule has 1 amide bonds. The highest BCUT2D eigenvalue weighted by atomic mass is 35.5. The Hall–Kier alpha value is -4.87. The van der Waals surface area contributed by atoms with Gasteiger partial charge in [0.2, 0.25) is 6.10 Å². The molecule has 0 aliphatic rings. The van der Waals surface area contributed by atoms with Gasteiger partial charge in [-0.15, -0.1) is 0 Å². The van der Waals surface area contributed by atoms with Crippen LogP contribution in [0.2, 0.25) is 5.02 Å². The maximum absolute atomic E-state index is 13.2. The van der Waals surface area contributed by atoms with Gasteiger partial charge in [0.15, 0.2) is 11.6 Å². The number of anilines is 2. The quantitative estimate of drug-likeness (QED) is 0.306. The third-order valence-corrected chi connectivity index (χ3v) is 5.44. The second kappa shape index (κ2) is 11.7. The minimum atomic E-state index is -1.26. The predicted molar refractivity (Wildman–Crippen MR) is 139 cm³/mol. The molecule has 0 saturated carbocycles. The van der Waals surface area contributed by atoms with Gasteiger partial charge in [-0.25, -0.2) is 9.78 Å². The van der Waals surface area contributed by atoms with Crippen LogP contribution in [0, 0.1) is 11.3 Å². The maximum atomic E-state index is 13.2. The number of nitrogens with zero attached hydrogens (tertiary/aromatic N) is 2. The zero-order valence-corrected chi connectivity index (χ0v) is 20.2. The topological polar surface area (TPSA) is 127 Å². The molecule has 0 aliphatic carbocycles. The van der Waals surface area contributed by atoms with Crippen LogP contribution in [-0.2, 0) is 16.1 Å². The lowest BCUT2D eigenvalue weighted by Gasteiger charge is -2.20. The Labute approximate surface area is 218 Å². The minimum absolute atomic E-state index is 0.0260. The standard InChI is InChI=1S/C28H21ClN4O4/c29-22-14-24(26(31)32-16-22)37-25(28(35)36-17-18-6-2-1-3-7-18)20-9-5-10-21(13-20)27(34)33-23-11-4-8-19(12-23)15-30/h1-14,16,25H,17H2,(H2,31,32)(H,33,34)/t25-/m1/s1. The first-order valence-corrected chi connectivity index (χ1v) is 11.5. The molecule has 0 unspecified atom stereocenters. The molecule has 4 rings (SSSR count).